The van der Waals surface area contributed by atoms with Crippen LogP contribution in [-0.4, -0.2) is 35.6 Å². The molecule has 31 heavy (non-hydrogen) atoms. The highest BCUT2D eigenvalue weighted by Crippen LogP contribution is 2.33. The largest absolute Gasteiger partial charge is 0.416 e. The van der Waals surface area contributed by atoms with Gasteiger partial charge >= 0.3 is 12.2 Å². The number of benzene rings is 1. The SMILES string of the molecule is O=C(NCc1cccnc1-n1cncn1)Nc1cc(C(F)(F)F)ccc1-n1cccn1. The Morgan fingerprint density at radius 1 is 1.06 bits per heavy atom. The smallest absolute Gasteiger partial charge is 0.334 e. The van der Waals surface area contributed by atoms with Crippen LogP contribution in [0.4, 0.5) is 23.7 Å². The first-order valence-electron chi connectivity index (χ1n) is 8.97. The van der Waals surface area contributed by atoms with Gasteiger partial charge in [-0.05, 0) is 30.3 Å². The number of aromatic nitrogens is 6. The summed E-state index contributed by atoms with van der Waals surface area (Å²) < 4.78 is 42.3. The number of anilines is 1. The number of carbonyl (C=O) groups excluding carboxylic acids is 1. The molecule has 0 spiro atoms. The van der Waals surface area contributed by atoms with Crippen molar-refractivity contribution < 1.29 is 18.0 Å². The minimum atomic E-state index is -4.56. The van der Waals surface area contributed by atoms with Crippen LogP contribution in [0.5, 0.6) is 0 Å². The van der Waals surface area contributed by atoms with E-state index in [9.17, 15) is 18.0 Å². The summed E-state index contributed by atoms with van der Waals surface area (Å²) in [5.74, 6) is 0.469. The van der Waals surface area contributed by atoms with E-state index in [0.717, 1.165) is 12.1 Å². The van der Waals surface area contributed by atoms with Gasteiger partial charge in [0.15, 0.2) is 5.82 Å². The van der Waals surface area contributed by atoms with Crippen LogP contribution >= 0.6 is 0 Å². The number of rotatable bonds is 5. The second-order valence-electron chi connectivity index (χ2n) is 6.31. The normalized spacial score (nSPS) is 11.3. The number of nitrogens with one attached hydrogen (secondary N) is 2. The minimum Gasteiger partial charge on any atom is -0.334 e. The summed E-state index contributed by atoms with van der Waals surface area (Å²) >= 11 is 0. The van der Waals surface area contributed by atoms with Crippen LogP contribution in [0.2, 0.25) is 0 Å². The lowest BCUT2D eigenvalue weighted by atomic mass is 10.1. The number of hydrogen-bond donors (Lipinski definition) is 2. The number of amides is 2. The minimum absolute atomic E-state index is 0.0429. The molecule has 4 aromatic rings. The quantitative estimate of drug-likeness (QED) is 0.508. The maximum absolute atomic E-state index is 13.2. The fourth-order valence-corrected chi connectivity index (χ4v) is 2.86. The van der Waals surface area contributed by atoms with E-state index in [1.807, 2.05) is 0 Å². The van der Waals surface area contributed by atoms with Crippen molar-refractivity contribution in [3.8, 4) is 11.5 Å². The van der Waals surface area contributed by atoms with Crippen LogP contribution in [0.3, 0.4) is 0 Å². The zero-order valence-corrected chi connectivity index (χ0v) is 15.8. The third kappa shape index (κ3) is 4.52. The second kappa shape index (κ2) is 8.26. The molecular weight excluding hydrogens is 413 g/mol. The van der Waals surface area contributed by atoms with Gasteiger partial charge in [-0.25, -0.2) is 24.1 Å². The van der Waals surface area contributed by atoms with Gasteiger partial charge in [-0.2, -0.15) is 23.4 Å². The Bertz CT molecular complexity index is 1170. The molecule has 12 heteroatoms. The van der Waals surface area contributed by atoms with Crippen LogP contribution < -0.4 is 10.6 Å². The van der Waals surface area contributed by atoms with Gasteiger partial charge in [-0.15, -0.1) is 0 Å². The standard InChI is InChI=1S/C19H15F3N8O/c20-19(21,22)14-4-5-16(29-8-2-7-26-29)15(9-14)28-18(31)25-10-13-3-1-6-24-17(13)30-12-23-11-27-30/h1-9,11-12H,10H2,(H2,25,28,31). The van der Waals surface area contributed by atoms with Crippen molar-refractivity contribution in [2.75, 3.05) is 5.32 Å². The number of hydrogen-bond acceptors (Lipinski definition) is 5. The van der Waals surface area contributed by atoms with Crippen molar-refractivity contribution in [1.29, 1.82) is 0 Å². The average Bonchev–Trinajstić information content (AvgIpc) is 3.46. The van der Waals surface area contributed by atoms with Crippen LogP contribution in [0.1, 0.15) is 11.1 Å². The molecular formula is C19H15F3N8O. The Balaban J connectivity index is 1.54. The molecule has 0 aliphatic rings. The van der Waals surface area contributed by atoms with Gasteiger partial charge < -0.3 is 10.6 Å². The van der Waals surface area contributed by atoms with Crippen LogP contribution in [0, 0.1) is 0 Å². The molecule has 0 saturated carbocycles. The van der Waals surface area contributed by atoms with Gasteiger partial charge in [0, 0.05) is 30.7 Å². The number of urea groups is 1. The van der Waals surface area contributed by atoms with E-state index in [2.05, 4.69) is 30.8 Å². The van der Waals surface area contributed by atoms with Crippen molar-refractivity contribution in [2.45, 2.75) is 12.7 Å². The molecule has 2 N–H and O–H groups in total. The van der Waals surface area contributed by atoms with Crippen molar-refractivity contribution in [3.05, 3.63) is 78.8 Å². The highest BCUT2D eigenvalue weighted by molar-refractivity contribution is 5.91. The zero-order valence-electron chi connectivity index (χ0n) is 15.8. The third-order valence-electron chi connectivity index (χ3n) is 4.27. The molecule has 0 radical (unpaired) electrons. The molecule has 0 unspecified atom stereocenters. The summed E-state index contributed by atoms with van der Waals surface area (Å²) in [6, 6.07) is 7.40. The molecule has 2 amide bonds. The first-order chi connectivity index (χ1) is 14.9. The van der Waals surface area contributed by atoms with E-state index < -0.39 is 17.8 Å². The number of carbonyl (C=O) groups is 1. The predicted molar refractivity (Wildman–Crippen MR) is 104 cm³/mol. The van der Waals surface area contributed by atoms with Crippen molar-refractivity contribution in [3.63, 3.8) is 0 Å². The Kier molecular flexibility index (Phi) is 5.35. The Hall–Kier alpha value is -4.22. The average molecular weight is 428 g/mol. The maximum Gasteiger partial charge on any atom is 0.416 e. The predicted octanol–water partition coefficient (Wildman–Crippen LogP) is 3.19. The molecule has 158 valence electrons. The van der Waals surface area contributed by atoms with E-state index in [-0.39, 0.29) is 17.9 Å². The molecule has 3 aromatic heterocycles. The van der Waals surface area contributed by atoms with E-state index in [0.29, 0.717) is 11.4 Å². The highest BCUT2D eigenvalue weighted by Gasteiger charge is 2.31. The van der Waals surface area contributed by atoms with Crippen LogP contribution in [-0.2, 0) is 12.7 Å². The summed E-state index contributed by atoms with van der Waals surface area (Å²) in [5, 5.41) is 13.1. The topological polar surface area (TPSA) is 103 Å². The summed E-state index contributed by atoms with van der Waals surface area (Å²) in [5.41, 5.74) is -0.00419. The highest BCUT2D eigenvalue weighted by atomic mass is 19.4. The number of pyridine rings is 1. The molecule has 0 fully saturated rings. The van der Waals surface area contributed by atoms with Gasteiger partial charge in [-0.3, -0.25) is 0 Å². The Morgan fingerprint density at radius 2 is 1.94 bits per heavy atom. The van der Waals surface area contributed by atoms with Gasteiger partial charge in [0.05, 0.1) is 16.9 Å². The monoisotopic (exact) mass is 428 g/mol. The molecule has 0 bridgehead atoms. The van der Waals surface area contributed by atoms with Gasteiger partial charge in [0.25, 0.3) is 0 Å². The fourth-order valence-electron chi connectivity index (χ4n) is 2.86. The molecule has 0 aliphatic heterocycles. The summed E-state index contributed by atoms with van der Waals surface area (Å²) in [4.78, 5) is 20.6. The van der Waals surface area contributed by atoms with Crippen LogP contribution in [0.25, 0.3) is 11.5 Å². The summed E-state index contributed by atoms with van der Waals surface area (Å²) in [6.45, 7) is 0.0604. The maximum atomic E-state index is 13.2. The lowest BCUT2D eigenvalue weighted by molar-refractivity contribution is -0.137. The summed E-state index contributed by atoms with van der Waals surface area (Å²) in [6.07, 6.45) is 2.87. The summed E-state index contributed by atoms with van der Waals surface area (Å²) in [7, 11) is 0. The van der Waals surface area contributed by atoms with E-state index in [1.54, 1.807) is 30.6 Å². The van der Waals surface area contributed by atoms with Gasteiger partial charge in [-0.1, -0.05) is 6.07 Å². The van der Waals surface area contributed by atoms with E-state index in [1.165, 1.54) is 34.3 Å². The lowest BCUT2D eigenvalue weighted by Crippen LogP contribution is -2.29. The molecule has 3 heterocycles. The van der Waals surface area contributed by atoms with Crippen molar-refractivity contribution >= 4 is 11.7 Å². The van der Waals surface area contributed by atoms with Gasteiger partial charge in [0.2, 0.25) is 0 Å². The zero-order chi connectivity index (χ0) is 21.8. The first-order valence-corrected chi connectivity index (χ1v) is 8.97. The van der Waals surface area contributed by atoms with E-state index >= 15 is 0 Å². The number of halogens is 3. The first kappa shape index (κ1) is 20.1. The Labute approximate surface area is 173 Å². The molecule has 0 aliphatic carbocycles. The van der Waals surface area contributed by atoms with Crippen molar-refractivity contribution in [1.82, 2.24) is 34.8 Å². The number of alkyl halides is 3. The Morgan fingerprint density at radius 3 is 2.65 bits per heavy atom. The molecule has 1 aromatic carbocycles. The number of nitrogens with zero attached hydrogens (tertiary/aromatic N) is 6. The molecule has 4 rings (SSSR count). The van der Waals surface area contributed by atoms with Crippen molar-refractivity contribution in [2.24, 2.45) is 0 Å². The van der Waals surface area contributed by atoms with Crippen LogP contribution in [0.15, 0.2) is 67.6 Å². The molecule has 0 saturated heterocycles. The second-order valence-corrected chi connectivity index (χ2v) is 6.31. The molecule has 0 atom stereocenters. The lowest BCUT2D eigenvalue weighted by Gasteiger charge is -2.15. The third-order valence-corrected chi connectivity index (χ3v) is 4.27. The molecule has 9 nitrogen and oxygen atoms in total. The van der Waals surface area contributed by atoms with E-state index in [4.69, 9.17) is 0 Å². The van der Waals surface area contributed by atoms with Gasteiger partial charge in [0.1, 0.15) is 12.7 Å². The fraction of sp³-hybridized carbons (Fsp3) is 0.105.